The molecule has 1 unspecified atom stereocenters. The molecule has 4 heteroatoms. The van der Waals surface area contributed by atoms with Crippen LogP contribution in [-0.2, 0) is 4.79 Å². The molecule has 0 bridgehead atoms. The summed E-state index contributed by atoms with van der Waals surface area (Å²) in [6.07, 6.45) is 0.320. The Balaban J connectivity index is 1.98. The number of aryl methyl sites for hydroxylation is 1. The van der Waals surface area contributed by atoms with E-state index in [9.17, 15) is 9.18 Å². The van der Waals surface area contributed by atoms with Crippen LogP contribution in [0.3, 0.4) is 0 Å². The largest absolute Gasteiger partial charge is 0.375 e. The lowest BCUT2D eigenvalue weighted by Crippen LogP contribution is -2.35. The van der Waals surface area contributed by atoms with E-state index in [2.05, 4.69) is 5.32 Å². The Bertz CT molecular complexity index is 699. The number of benzene rings is 2. The van der Waals surface area contributed by atoms with Crippen molar-refractivity contribution >= 4 is 17.3 Å². The third kappa shape index (κ3) is 2.49. The van der Waals surface area contributed by atoms with Crippen molar-refractivity contribution < 1.29 is 9.18 Å². The molecule has 1 heterocycles. The van der Waals surface area contributed by atoms with E-state index in [-0.39, 0.29) is 17.8 Å². The summed E-state index contributed by atoms with van der Waals surface area (Å²) < 4.78 is 13.9. The van der Waals surface area contributed by atoms with Gasteiger partial charge in [-0.05, 0) is 36.2 Å². The summed E-state index contributed by atoms with van der Waals surface area (Å²) >= 11 is 0. The minimum Gasteiger partial charge on any atom is -0.375 e. The van der Waals surface area contributed by atoms with Crippen molar-refractivity contribution in [3.05, 3.63) is 59.4 Å². The van der Waals surface area contributed by atoms with Gasteiger partial charge >= 0.3 is 0 Å². The van der Waals surface area contributed by atoms with Crippen molar-refractivity contribution in [1.82, 2.24) is 0 Å². The van der Waals surface area contributed by atoms with Gasteiger partial charge in [0.1, 0.15) is 5.82 Å². The molecule has 2 aromatic carbocycles. The van der Waals surface area contributed by atoms with Gasteiger partial charge in [0, 0.05) is 12.7 Å². The first-order chi connectivity index (χ1) is 10.1. The van der Waals surface area contributed by atoms with Crippen molar-refractivity contribution in [3.63, 3.8) is 0 Å². The van der Waals surface area contributed by atoms with Gasteiger partial charge in [-0.15, -0.1) is 0 Å². The van der Waals surface area contributed by atoms with Gasteiger partial charge < -0.3 is 10.2 Å². The molecule has 108 valence electrons. The van der Waals surface area contributed by atoms with Gasteiger partial charge in [-0.2, -0.15) is 0 Å². The van der Waals surface area contributed by atoms with Crippen LogP contribution in [0.15, 0.2) is 42.5 Å². The first-order valence-electron chi connectivity index (χ1n) is 6.94. The van der Waals surface area contributed by atoms with Crippen LogP contribution in [0, 0.1) is 12.7 Å². The smallest absolute Gasteiger partial charge is 0.229 e. The van der Waals surface area contributed by atoms with E-state index in [1.807, 2.05) is 31.2 Å². The number of amides is 1. The molecule has 21 heavy (non-hydrogen) atoms. The number of carbonyl (C=O) groups excluding carboxylic acids is 1. The average molecular weight is 284 g/mol. The molecule has 0 spiro atoms. The Hall–Kier alpha value is -2.36. The Morgan fingerprint density at radius 1 is 1.24 bits per heavy atom. The molecule has 1 aliphatic heterocycles. The van der Waals surface area contributed by atoms with Gasteiger partial charge in [0.15, 0.2) is 0 Å². The summed E-state index contributed by atoms with van der Waals surface area (Å²) in [6, 6.07) is 12.5. The highest BCUT2D eigenvalue weighted by molar-refractivity contribution is 5.97. The molecule has 0 aliphatic carbocycles. The van der Waals surface area contributed by atoms with Crippen molar-refractivity contribution in [2.75, 3.05) is 17.3 Å². The molecule has 1 N–H and O–H groups in total. The summed E-state index contributed by atoms with van der Waals surface area (Å²) in [7, 11) is 1.77. The van der Waals surface area contributed by atoms with Crippen molar-refractivity contribution in [1.29, 1.82) is 0 Å². The second-order valence-electron chi connectivity index (χ2n) is 5.40. The standard InChI is InChI=1S/C17H17FN2O/c1-11-7-8-13(18)15(9-11)19-14-10-17(21)20(2)16-6-4-3-5-12(14)16/h3-9,14,19H,10H2,1-2H3. The molecular weight excluding hydrogens is 267 g/mol. The van der Waals surface area contributed by atoms with Crippen molar-refractivity contribution in [2.45, 2.75) is 19.4 Å². The minimum atomic E-state index is -0.301. The second-order valence-corrected chi connectivity index (χ2v) is 5.40. The number of carbonyl (C=O) groups is 1. The molecule has 2 aromatic rings. The van der Waals surface area contributed by atoms with Crippen molar-refractivity contribution in [2.24, 2.45) is 0 Å². The fourth-order valence-electron chi connectivity index (χ4n) is 2.71. The minimum absolute atomic E-state index is 0.0271. The zero-order chi connectivity index (χ0) is 15.0. The third-order valence-electron chi connectivity index (χ3n) is 3.88. The van der Waals surface area contributed by atoms with Crippen LogP contribution in [0.25, 0.3) is 0 Å². The van der Waals surface area contributed by atoms with Crippen LogP contribution >= 0.6 is 0 Å². The first kappa shape index (κ1) is 13.6. The van der Waals surface area contributed by atoms with Crippen molar-refractivity contribution in [3.8, 4) is 0 Å². The predicted octanol–water partition coefficient (Wildman–Crippen LogP) is 3.65. The predicted molar refractivity (Wildman–Crippen MR) is 82.0 cm³/mol. The normalized spacial score (nSPS) is 17.6. The van der Waals surface area contributed by atoms with E-state index in [1.165, 1.54) is 6.07 Å². The number of nitrogens with zero attached hydrogens (tertiary/aromatic N) is 1. The molecule has 1 atom stereocenters. The molecule has 3 nitrogen and oxygen atoms in total. The van der Waals surface area contributed by atoms with Gasteiger partial charge in [-0.25, -0.2) is 4.39 Å². The van der Waals surface area contributed by atoms with Crippen LogP contribution in [0.1, 0.15) is 23.6 Å². The van der Waals surface area contributed by atoms with Crippen LogP contribution in [-0.4, -0.2) is 13.0 Å². The number of anilines is 2. The highest BCUT2D eigenvalue weighted by atomic mass is 19.1. The Labute approximate surface area is 123 Å². The summed E-state index contributed by atoms with van der Waals surface area (Å²) in [6.45, 7) is 1.92. The molecule has 0 fully saturated rings. The maximum Gasteiger partial charge on any atom is 0.229 e. The summed E-state index contributed by atoms with van der Waals surface area (Å²) in [5, 5.41) is 3.17. The molecule has 0 aromatic heterocycles. The third-order valence-corrected chi connectivity index (χ3v) is 3.88. The monoisotopic (exact) mass is 284 g/mol. The van der Waals surface area contributed by atoms with Gasteiger partial charge in [-0.3, -0.25) is 4.79 Å². The van der Waals surface area contributed by atoms with E-state index < -0.39 is 0 Å². The fourth-order valence-corrected chi connectivity index (χ4v) is 2.71. The van der Waals surface area contributed by atoms with Gasteiger partial charge in [0.2, 0.25) is 5.91 Å². The Kier molecular flexibility index (Phi) is 3.37. The summed E-state index contributed by atoms with van der Waals surface area (Å²) in [5.74, 6) is -0.274. The molecule has 0 saturated heterocycles. The lowest BCUT2D eigenvalue weighted by atomic mass is 9.96. The first-order valence-corrected chi connectivity index (χ1v) is 6.94. The SMILES string of the molecule is Cc1ccc(F)c(NC2CC(=O)N(C)c3ccccc32)c1. The van der Waals surface area contributed by atoms with Crippen LogP contribution in [0.5, 0.6) is 0 Å². The fraction of sp³-hybridized carbons (Fsp3) is 0.235. The zero-order valence-electron chi connectivity index (χ0n) is 12.1. The topological polar surface area (TPSA) is 32.3 Å². The number of hydrogen-bond acceptors (Lipinski definition) is 2. The zero-order valence-corrected chi connectivity index (χ0v) is 12.1. The summed E-state index contributed by atoms with van der Waals surface area (Å²) in [5.41, 5.74) is 3.30. The lowest BCUT2D eigenvalue weighted by Gasteiger charge is -2.32. The number of fused-ring (bicyclic) bond motifs is 1. The highest BCUT2D eigenvalue weighted by Gasteiger charge is 2.29. The van der Waals surface area contributed by atoms with E-state index in [4.69, 9.17) is 0 Å². The van der Waals surface area contributed by atoms with E-state index in [1.54, 1.807) is 24.1 Å². The number of hydrogen-bond donors (Lipinski definition) is 1. The van der Waals surface area contributed by atoms with E-state index >= 15 is 0 Å². The second kappa shape index (κ2) is 5.20. The molecule has 0 radical (unpaired) electrons. The number of rotatable bonds is 2. The maximum atomic E-state index is 13.9. The lowest BCUT2D eigenvalue weighted by molar-refractivity contribution is -0.118. The highest BCUT2D eigenvalue weighted by Crippen LogP contribution is 2.36. The molecular formula is C17H17FN2O. The maximum absolute atomic E-state index is 13.9. The Morgan fingerprint density at radius 2 is 2.00 bits per heavy atom. The van der Waals surface area contributed by atoms with Crippen LogP contribution in [0.2, 0.25) is 0 Å². The number of halogens is 1. The van der Waals surface area contributed by atoms with Crippen LogP contribution < -0.4 is 10.2 Å². The molecule has 1 amide bonds. The summed E-state index contributed by atoms with van der Waals surface area (Å²) in [4.78, 5) is 13.8. The van der Waals surface area contributed by atoms with E-state index in [0.717, 1.165) is 16.8 Å². The Morgan fingerprint density at radius 3 is 2.81 bits per heavy atom. The van der Waals surface area contributed by atoms with Gasteiger partial charge in [0.05, 0.1) is 18.2 Å². The quantitative estimate of drug-likeness (QED) is 0.913. The van der Waals surface area contributed by atoms with Crippen LogP contribution in [0.4, 0.5) is 15.8 Å². The van der Waals surface area contributed by atoms with Gasteiger partial charge in [0.25, 0.3) is 0 Å². The molecule has 3 rings (SSSR count). The number of para-hydroxylation sites is 1. The van der Waals surface area contributed by atoms with E-state index in [0.29, 0.717) is 12.1 Å². The van der Waals surface area contributed by atoms with Gasteiger partial charge in [-0.1, -0.05) is 24.3 Å². The molecule has 0 saturated carbocycles. The average Bonchev–Trinajstić information content (AvgIpc) is 2.48. The molecule has 1 aliphatic rings. The number of nitrogens with one attached hydrogen (secondary N) is 1.